The molecule has 0 saturated heterocycles. The van der Waals surface area contributed by atoms with Crippen molar-refractivity contribution in [2.45, 2.75) is 13.5 Å². The summed E-state index contributed by atoms with van der Waals surface area (Å²) in [5, 5.41) is 0. The fraction of sp³-hybridized carbons (Fsp3) is 0.148. The molecular weight excluding hydrogens is 476 g/mol. The average molecular weight is 501 g/mol. The lowest BCUT2D eigenvalue weighted by molar-refractivity contribution is -0.122. The van der Waals surface area contributed by atoms with Crippen molar-refractivity contribution in [2.75, 3.05) is 18.1 Å². The molecule has 10 nitrogen and oxygen atoms in total. The first-order valence-corrected chi connectivity index (χ1v) is 11.5. The van der Waals surface area contributed by atoms with Gasteiger partial charge in [-0.15, -0.1) is 0 Å². The minimum atomic E-state index is -0.759. The van der Waals surface area contributed by atoms with Gasteiger partial charge in [0, 0.05) is 16.8 Å². The molecule has 1 aromatic heterocycles. The lowest BCUT2D eigenvalue weighted by atomic mass is 10.0. The van der Waals surface area contributed by atoms with Crippen LogP contribution in [0.15, 0.2) is 77.6 Å². The minimum absolute atomic E-state index is 0.213. The van der Waals surface area contributed by atoms with Crippen LogP contribution >= 0.6 is 0 Å². The summed E-state index contributed by atoms with van der Waals surface area (Å²) >= 11 is 0. The number of benzene rings is 3. The van der Waals surface area contributed by atoms with Crippen LogP contribution in [0, 0.1) is 0 Å². The van der Waals surface area contributed by atoms with Gasteiger partial charge in [0.05, 0.1) is 23.2 Å². The number of H-pyrrole nitrogens is 1. The van der Waals surface area contributed by atoms with Crippen molar-refractivity contribution in [1.29, 1.82) is 0 Å². The van der Waals surface area contributed by atoms with Crippen LogP contribution in [0.3, 0.4) is 0 Å². The van der Waals surface area contributed by atoms with Crippen LogP contribution in [0.4, 0.5) is 5.69 Å². The molecule has 0 radical (unpaired) electrons. The van der Waals surface area contributed by atoms with Crippen LogP contribution in [0.5, 0.6) is 0 Å². The van der Waals surface area contributed by atoms with Gasteiger partial charge in [-0.25, -0.2) is 9.59 Å². The molecule has 188 valence electrons. The lowest BCUT2D eigenvalue weighted by Gasteiger charge is -2.22. The van der Waals surface area contributed by atoms with E-state index >= 15 is 0 Å². The maximum absolute atomic E-state index is 13.3. The average Bonchev–Trinajstić information content (AvgIpc) is 3.22. The maximum Gasteiger partial charge on any atom is 0.338 e. The SMILES string of the molecule is CCOC(=O)c1ccc(N(CC(N)=O)C(=O)Cn2c(=O)[nH]c3c(C(=O)c4ccccc4)cccc32)cc1. The number of nitrogens with one attached hydrogen (secondary N) is 1. The molecule has 0 saturated carbocycles. The van der Waals surface area contributed by atoms with Crippen LogP contribution in [-0.2, 0) is 20.9 Å². The Hall–Kier alpha value is -4.99. The summed E-state index contributed by atoms with van der Waals surface area (Å²) in [7, 11) is 0. The van der Waals surface area contributed by atoms with Gasteiger partial charge in [-0.05, 0) is 43.3 Å². The van der Waals surface area contributed by atoms with E-state index in [1.54, 1.807) is 55.5 Å². The molecule has 0 bridgehead atoms. The molecule has 3 aromatic carbocycles. The van der Waals surface area contributed by atoms with Gasteiger partial charge < -0.3 is 20.4 Å². The number of fused-ring (bicyclic) bond motifs is 1. The smallest absolute Gasteiger partial charge is 0.338 e. The number of imidazole rings is 1. The van der Waals surface area contributed by atoms with Crippen molar-refractivity contribution < 1.29 is 23.9 Å². The van der Waals surface area contributed by atoms with Gasteiger partial charge in [-0.3, -0.25) is 19.0 Å². The standard InChI is InChI=1S/C27H24N4O6/c1-2-37-26(35)18-11-13-19(14-12-18)30(15-22(28)32)23(33)16-31-21-10-6-9-20(24(21)29-27(31)36)25(34)17-7-4-3-5-8-17/h3-14H,2,15-16H2,1H3,(H2,28,32)(H,29,36). The number of hydrogen-bond acceptors (Lipinski definition) is 6. The zero-order valence-corrected chi connectivity index (χ0v) is 20.0. The van der Waals surface area contributed by atoms with E-state index < -0.39 is 36.6 Å². The topological polar surface area (TPSA) is 145 Å². The monoisotopic (exact) mass is 500 g/mol. The Morgan fingerprint density at radius 1 is 0.919 bits per heavy atom. The molecule has 0 atom stereocenters. The summed E-state index contributed by atoms with van der Waals surface area (Å²) in [4.78, 5) is 66.6. The largest absolute Gasteiger partial charge is 0.462 e. The van der Waals surface area contributed by atoms with Gasteiger partial charge in [0.1, 0.15) is 13.1 Å². The number of nitrogens with two attached hydrogens (primary N) is 1. The second-order valence-corrected chi connectivity index (χ2v) is 8.12. The molecule has 4 rings (SSSR count). The number of ether oxygens (including phenoxy) is 1. The first kappa shape index (κ1) is 25.1. The van der Waals surface area contributed by atoms with E-state index in [2.05, 4.69) is 4.98 Å². The van der Waals surface area contributed by atoms with Crippen LogP contribution in [0.2, 0.25) is 0 Å². The van der Waals surface area contributed by atoms with Crippen LogP contribution in [0.1, 0.15) is 33.2 Å². The number of aromatic nitrogens is 2. The molecular formula is C27H24N4O6. The number of carbonyl (C=O) groups is 4. The number of anilines is 1. The molecule has 0 spiro atoms. The highest BCUT2D eigenvalue weighted by atomic mass is 16.5. The molecule has 1 heterocycles. The van der Waals surface area contributed by atoms with Crippen molar-refractivity contribution in [3.63, 3.8) is 0 Å². The van der Waals surface area contributed by atoms with Crippen LogP contribution in [0.25, 0.3) is 11.0 Å². The predicted octanol–water partition coefficient (Wildman–Crippen LogP) is 2.26. The summed E-state index contributed by atoms with van der Waals surface area (Å²) < 4.78 is 6.15. The molecule has 0 unspecified atom stereocenters. The quantitative estimate of drug-likeness (QED) is 0.266. The van der Waals surface area contributed by atoms with Crippen molar-refractivity contribution >= 4 is 40.3 Å². The number of aromatic amines is 1. The second-order valence-electron chi connectivity index (χ2n) is 8.12. The molecule has 37 heavy (non-hydrogen) atoms. The van der Waals surface area contributed by atoms with Gasteiger partial charge in [0.2, 0.25) is 11.8 Å². The molecule has 10 heteroatoms. The number of primary amides is 1. The molecule has 3 N–H and O–H groups in total. The van der Waals surface area contributed by atoms with Crippen LogP contribution in [-0.4, -0.2) is 46.3 Å². The van der Waals surface area contributed by atoms with E-state index in [9.17, 15) is 24.0 Å². The van der Waals surface area contributed by atoms with Gasteiger partial charge in [0.25, 0.3) is 0 Å². The van der Waals surface area contributed by atoms with E-state index in [4.69, 9.17) is 10.5 Å². The summed E-state index contributed by atoms with van der Waals surface area (Å²) in [6, 6.07) is 19.4. The molecule has 2 amide bonds. The number of amides is 2. The Kier molecular flexibility index (Phi) is 7.28. The zero-order valence-electron chi connectivity index (χ0n) is 20.0. The third-order valence-electron chi connectivity index (χ3n) is 5.69. The number of para-hydroxylation sites is 1. The third kappa shape index (κ3) is 5.32. The van der Waals surface area contributed by atoms with E-state index in [1.165, 1.54) is 28.8 Å². The Bertz CT molecular complexity index is 1540. The van der Waals surface area contributed by atoms with Gasteiger partial charge >= 0.3 is 11.7 Å². The Morgan fingerprint density at radius 2 is 1.62 bits per heavy atom. The van der Waals surface area contributed by atoms with E-state index in [0.717, 1.165) is 4.90 Å². The molecule has 4 aromatic rings. The first-order valence-electron chi connectivity index (χ1n) is 11.5. The molecule has 0 aliphatic heterocycles. The normalized spacial score (nSPS) is 10.7. The Morgan fingerprint density at radius 3 is 2.27 bits per heavy atom. The summed E-state index contributed by atoms with van der Waals surface area (Å²) in [5.74, 6) is -2.15. The lowest BCUT2D eigenvalue weighted by Crippen LogP contribution is -2.41. The number of carbonyl (C=O) groups excluding carboxylic acids is 4. The number of esters is 1. The highest BCUT2D eigenvalue weighted by Gasteiger charge is 2.22. The Balaban J connectivity index is 1.66. The van der Waals surface area contributed by atoms with Gasteiger partial charge in [0.15, 0.2) is 5.78 Å². The molecule has 0 aliphatic rings. The fourth-order valence-electron chi connectivity index (χ4n) is 3.96. The first-order chi connectivity index (χ1) is 17.8. The van der Waals surface area contributed by atoms with Crippen molar-refractivity contribution in [3.05, 3.63) is 100.0 Å². The summed E-state index contributed by atoms with van der Waals surface area (Å²) in [5.41, 5.74) is 6.77. The number of nitrogens with zero attached hydrogens (tertiary/aromatic N) is 2. The van der Waals surface area contributed by atoms with E-state index in [0.29, 0.717) is 22.3 Å². The minimum Gasteiger partial charge on any atom is -0.462 e. The van der Waals surface area contributed by atoms with Crippen molar-refractivity contribution in [1.82, 2.24) is 9.55 Å². The van der Waals surface area contributed by atoms with Gasteiger partial charge in [-0.1, -0.05) is 36.4 Å². The van der Waals surface area contributed by atoms with Crippen LogP contribution < -0.4 is 16.3 Å². The maximum atomic E-state index is 13.3. The highest BCUT2D eigenvalue weighted by Crippen LogP contribution is 2.21. The number of hydrogen-bond donors (Lipinski definition) is 2. The number of ketones is 1. The zero-order chi connectivity index (χ0) is 26.5. The molecule has 0 fully saturated rings. The van der Waals surface area contributed by atoms with Gasteiger partial charge in [-0.2, -0.15) is 0 Å². The third-order valence-corrected chi connectivity index (χ3v) is 5.69. The second kappa shape index (κ2) is 10.7. The van der Waals surface area contributed by atoms with Crippen molar-refractivity contribution in [3.8, 4) is 0 Å². The highest BCUT2D eigenvalue weighted by molar-refractivity contribution is 6.15. The summed E-state index contributed by atoms with van der Waals surface area (Å²) in [6.45, 7) is 1.04. The fourth-order valence-corrected chi connectivity index (χ4v) is 3.96. The predicted molar refractivity (Wildman–Crippen MR) is 136 cm³/mol. The number of rotatable bonds is 9. The Labute approximate surface area is 211 Å². The summed E-state index contributed by atoms with van der Waals surface area (Å²) in [6.07, 6.45) is 0. The van der Waals surface area contributed by atoms with Crippen molar-refractivity contribution in [2.24, 2.45) is 5.73 Å². The van der Waals surface area contributed by atoms with E-state index in [1.807, 2.05) is 0 Å². The molecule has 0 aliphatic carbocycles. The van der Waals surface area contributed by atoms with E-state index in [-0.39, 0.29) is 23.5 Å².